The normalized spacial score (nSPS) is 12.0. The summed E-state index contributed by atoms with van der Waals surface area (Å²) in [6, 6.07) is 4.93. The summed E-state index contributed by atoms with van der Waals surface area (Å²) >= 11 is 0. The Morgan fingerprint density at radius 1 is 1.24 bits per heavy atom. The highest BCUT2D eigenvalue weighted by Gasteiger charge is 2.21. The van der Waals surface area contributed by atoms with Gasteiger partial charge in [0, 0.05) is 26.8 Å². The van der Waals surface area contributed by atoms with Gasteiger partial charge in [0.1, 0.15) is 11.6 Å². The molecule has 1 N–H and O–H groups in total. The van der Waals surface area contributed by atoms with Crippen molar-refractivity contribution in [1.82, 2.24) is 19.6 Å². The molecule has 0 saturated carbocycles. The number of nitrogens with zero attached hydrogens (tertiary/aromatic N) is 3. The zero-order chi connectivity index (χ0) is 15.5. The Bertz CT molecular complexity index is 710. The molecule has 2 rings (SSSR count). The van der Waals surface area contributed by atoms with Crippen molar-refractivity contribution >= 4 is 10.0 Å². The molecule has 2 aromatic heterocycles. The highest BCUT2D eigenvalue weighted by Crippen LogP contribution is 2.16. The predicted molar refractivity (Wildman–Crippen MR) is 76.9 cm³/mol. The van der Waals surface area contributed by atoms with Crippen LogP contribution in [0.15, 0.2) is 33.9 Å². The molecule has 0 bridgehead atoms. The summed E-state index contributed by atoms with van der Waals surface area (Å²) in [5.41, 5.74) is 0.871. The number of aromatic nitrogens is 2. The zero-order valence-electron chi connectivity index (χ0n) is 12.2. The molecule has 0 saturated heterocycles. The van der Waals surface area contributed by atoms with Crippen molar-refractivity contribution in [1.29, 1.82) is 0 Å². The van der Waals surface area contributed by atoms with Crippen LogP contribution in [0.4, 0.5) is 0 Å². The maximum absolute atomic E-state index is 11.9. The van der Waals surface area contributed by atoms with Crippen molar-refractivity contribution in [3.63, 3.8) is 0 Å². The summed E-state index contributed by atoms with van der Waals surface area (Å²) in [6.07, 6.45) is 1.70. The molecule has 0 spiro atoms. The van der Waals surface area contributed by atoms with E-state index in [2.05, 4.69) is 15.3 Å². The second-order valence-electron chi connectivity index (χ2n) is 4.71. The molecule has 0 unspecified atom stereocenters. The van der Waals surface area contributed by atoms with Crippen LogP contribution in [0.3, 0.4) is 0 Å². The smallest absolute Gasteiger partial charge is 0.275 e. The molecule has 7 nitrogen and oxygen atoms in total. The molecular formula is C13H18N4O3S. The zero-order valence-corrected chi connectivity index (χ0v) is 13.0. The molecule has 2 heterocycles. The summed E-state index contributed by atoms with van der Waals surface area (Å²) in [6.45, 7) is 2.81. The van der Waals surface area contributed by atoms with Gasteiger partial charge in [-0.15, -0.1) is 0 Å². The molecule has 0 aliphatic carbocycles. The van der Waals surface area contributed by atoms with Gasteiger partial charge in [-0.3, -0.25) is 0 Å². The Kier molecular flexibility index (Phi) is 4.71. The summed E-state index contributed by atoms with van der Waals surface area (Å²) in [4.78, 5) is 8.29. The Morgan fingerprint density at radius 3 is 2.67 bits per heavy atom. The maximum atomic E-state index is 11.9. The third-order valence-corrected chi connectivity index (χ3v) is 4.50. The molecule has 0 aliphatic rings. The third-order valence-electron chi connectivity index (χ3n) is 2.81. The van der Waals surface area contributed by atoms with Crippen LogP contribution in [-0.4, -0.2) is 36.8 Å². The fourth-order valence-electron chi connectivity index (χ4n) is 1.69. The van der Waals surface area contributed by atoms with Crippen LogP contribution >= 0.6 is 0 Å². The first-order chi connectivity index (χ1) is 9.89. The number of aryl methyl sites for hydroxylation is 1. The molecular weight excluding hydrogens is 292 g/mol. The summed E-state index contributed by atoms with van der Waals surface area (Å²) in [7, 11) is -0.590. The van der Waals surface area contributed by atoms with Gasteiger partial charge in [0.2, 0.25) is 5.09 Å². The molecule has 0 aromatic carbocycles. The van der Waals surface area contributed by atoms with Gasteiger partial charge in [0.25, 0.3) is 10.0 Å². The third kappa shape index (κ3) is 3.87. The summed E-state index contributed by atoms with van der Waals surface area (Å²) < 4.78 is 30.2. The van der Waals surface area contributed by atoms with E-state index < -0.39 is 10.0 Å². The van der Waals surface area contributed by atoms with Crippen LogP contribution in [0, 0.1) is 6.92 Å². The maximum Gasteiger partial charge on any atom is 0.275 e. The van der Waals surface area contributed by atoms with Crippen LogP contribution in [0.1, 0.15) is 17.3 Å². The fraction of sp³-hybridized carbons (Fsp3) is 0.385. The van der Waals surface area contributed by atoms with E-state index in [0.717, 1.165) is 10.00 Å². The van der Waals surface area contributed by atoms with Gasteiger partial charge in [0.05, 0.1) is 12.2 Å². The van der Waals surface area contributed by atoms with Crippen molar-refractivity contribution in [3.8, 4) is 0 Å². The van der Waals surface area contributed by atoms with Crippen LogP contribution in [0.25, 0.3) is 0 Å². The highest BCUT2D eigenvalue weighted by atomic mass is 32.2. The average Bonchev–Trinajstić information content (AvgIpc) is 2.88. The molecule has 0 fully saturated rings. The van der Waals surface area contributed by atoms with Gasteiger partial charge in [0.15, 0.2) is 0 Å². The minimum absolute atomic E-state index is 0.0535. The Morgan fingerprint density at radius 2 is 2.00 bits per heavy atom. The van der Waals surface area contributed by atoms with E-state index in [0.29, 0.717) is 24.7 Å². The van der Waals surface area contributed by atoms with Crippen molar-refractivity contribution in [2.24, 2.45) is 0 Å². The van der Waals surface area contributed by atoms with Gasteiger partial charge in [-0.05, 0) is 25.1 Å². The van der Waals surface area contributed by atoms with Gasteiger partial charge >= 0.3 is 0 Å². The predicted octanol–water partition coefficient (Wildman–Crippen LogP) is 0.918. The molecule has 2 aromatic rings. The first kappa shape index (κ1) is 15.6. The first-order valence-corrected chi connectivity index (χ1v) is 7.84. The number of hydrogen-bond donors (Lipinski definition) is 1. The van der Waals surface area contributed by atoms with Crippen molar-refractivity contribution in [2.45, 2.75) is 25.1 Å². The lowest BCUT2D eigenvalue weighted by Gasteiger charge is -2.08. The molecule has 0 amide bonds. The number of nitrogens with one attached hydrogen (secondary N) is 1. The van der Waals surface area contributed by atoms with E-state index >= 15 is 0 Å². The van der Waals surface area contributed by atoms with Gasteiger partial charge in [-0.1, -0.05) is 0 Å². The van der Waals surface area contributed by atoms with Crippen LogP contribution in [-0.2, 0) is 23.1 Å². The summed E-state index contributed by atoms with van der Waals surface area (Å²) in [5.74, 6) is 1.27. The second kappa shape index (κ2) is 6.33. The fourth-order valence-corrected chi connectivity index (χ4v) is 2.50. The quantitative estimate of drug-likeness (QED) is 0.853. The van der Waals surface area contributed by atoms with Crippen LogP contribution in [0.5, 0.6) is 0 Å². The number of sulfonamides is 1. The average molecular weight is 310 g/mol. The van der Waals surface area contributed by atoms with Gasteiger partial charge in [-0.25, -0.2) is 22.7 Å². The van der Waals surface area contributed by atoms with E-state index in [1.54, 1.807) is 12.3 Å². The number of hydrogen-bond acceptors (Lipinski definition) is 6. The van der Waals surface area contributed by atoms with Crippen molar-refractivity contribution < 1.29 is 12.8 Å². The minimum Gasteiger partial charge on any atom is -0.447 e. The SMILES string of the molecule is Cc1nccc(CNCc2ccc(S(=O)(=O)N(C)C)o2)n1. The van der Waals surface area contributed by atoms with Gasteiger partial charge in [-0.2, -0.15) is 0 Å². The molecule has 0 atom stereocenters. The molecule has 0 aliphatic heterocycles. The lowest BCUT2D eigenvalue weighted by molar-refractivity contribution is 0.388. The molecule has 114 valence electrons. The van der Waals surface area contributed by atoms with E-state index in [-0.39, 0.29) is 5.09 Å². The van der Waals surface area contributed by atoms with Crippen molar-refractivity contribution in [3.05, 3.63) is 41.7 Å². The van der Waals surface area contributed by atoms with Crippen LogP contribution in [0.2, 0.25) is 0 Å². The van der Waals surface area contributed by atoms with Crippen LogP contribution < -0.4 is 5.32 Å². The lowest BCUT2D eigenvalue weighted by atomic mass is 10.3. The molecule has 0 radical (unpaired) electrons. The summed E-state index contributed by atoms with van der Waals surface area (Å²) in [5, 5.41) is 3.09. The van der Waals surface area contributed by atoms with E-state index in [1.165, 1.54) is 20.2 Å². The van der Waals surface area contributed by atoms with E-state index in [1.807, 2.05) is 13.0 Å². The van der Waals surface area contributed by atoms with E-state index in [9.17, 15) is 8.42 Å². The molecule has 8 heteroatoms. The van der Waals surface area contributed by atoms with Gasteiger partial charge < -0.3 is 9.73 Å². The largest absolute Gasteiger partial charge is 0.447 e. The molecule has 21 heavy (non-hydrogen) atoms. The highest BCUT2D eigenvalue weighted by molar-refractivity contribution is 7.88. The second-order valence-corrected chi connectivity index (χ2v) is 6.79. The van der Waals surface area contributed by atoms with E-state index in [4.69, 9.17) is 4.42 Å². The Balaban J connectivity index is 1.95. The minimum atomic E-state index is -3.52. The first-order valence-electron chi connectivity index (χ1n) is 6.40. The Hall–Kier alpha value is -1.77. The monoisotopic (exact) mass is 310 g/mol. The van der Waals surface area contributed by atoms with Crippen molar-refractivity contribution in [2.75, 3.05) is 14.1 Å². The topological polar surface area (TPSA) is 88.3 Å². The number of furan rings is 1. The Labute approximate surface area is 124 Å². The standard InChI is InChI=1S/C13H18N4O3S/c1-10-15-7-6-11(16-10)8-14-9-12-4-5-13(20-12)21(18,19)17(2)3/h4-7,14H,8-9H2,1-3H3. The number of rotatable bonds is 6. The lowest BCUT2D eigenvalue weighted by Crippen LogP contribution is -2.21.